The third-order valence-corrected chi connectivity index (χ3v) is 2.66. The molecule has 0 spiro atoms. The van der Waals surface area contributed by atoms with Crippen molar-refractivity contribution >= 4 is 5.82 Å². The van der Waals surface area contributed by atoms with Crippen molar-refractivity contribution in [2.24, 2.45) is 11.1 Å². The van der Waals surface area contributed by atoms with Crippen LogP contribution in [0.2, 0.25) is 0 Å². The molecule has 3 N–H and O–H groups in total. The second-order valence-corrected chi connectivity index (χ2v) is 5.77. The van der Waals surface area contributed by atoms with Crippen molar-refractivity contribution in [3.05, 3.63) is 22.7 Å². The number of hydrogen-bond acceptors (Lipinski definition) is 4. The van der Waals surface area contributed by atoms with Crippen LogP contribution in [0.1, 0.15) is 34.1 Å². The van der Waals surface area contributed by atoms with Gasteiger partial charge in [0.15, 0.2) is 5.82 Å². The van der Waals surface area contributed by atoms with Gasteiger partial charge in [-0.2, -0.15) is 0 Å². The molecule has 1 heterocycles. The van der Waals surface area contributed by atoms with Crippen LogP contribution in [0.3, 0.4) is 0 Å². The van der Waals surface area contributed by atoms with Crippen LogP contribution in [-0.4, -0.2) is 22.1 Å². The number of anilines is 1. The van der Waals surface area contributed by atoms with Gasteiger partial charge in [0.25, 0.3) is 5.56 Å². The Balaban J connectivity index is 2.62. The number of nitrogens with one attached hydrogen (secondary N) is 1. The smallest absolute Gasteiger partial charge is 0.293 e. The molecule has 0 aliphatic rings. The number of rotatable bonds is 5. The molecule has 0 bridgehead atoms. The van der Waals surface area contributed by atoms with E-state index in [-0.39, 0.29) is 17.0 Å². The van der Waals surface area contributed by atoms with Crippen molar-refractivity contribution in [1.82, 2.24) is 9.55 Å². The second-order valence-electron chi connectivity index (χ2n) is 5.77. The van der Waals surface area contributed by atoms with Crippen LogP contribution in [0.15, 0.2) is 17.2 Å². The summed E-state index contributed by atoms with van der Waals surface area (Å²) in [5.41, 5.74) is 6.12. The van der Waals surface area contributed by atoms with E-state index in [0.717, 1.165) is 6.42 Å². The topological polar surface area (TPSA) is 72.9 Å². The van der Waals surface area contributed by atoms with Crippen molar-refractivity contribution in [2.45, 2.75) is 46.7 Å². The summed E-state index contributed by atoms with van der Waals surface area (Å²) in [6.07, 6.45) is 4.21. The SMILES string of the molecule is CCn1ccnc(NCC(N)CC(C)(C)C)c1=O. The summed E-state index contributed by atoms with van der Waals surface area (Å²) in [6, 6.07) is 0.0153. The predicted molar refractivity (Wildman–Crippen MR) is 74.7 cm³/mol. The zero-order valence-corrected chi connectivity index (χ0v) is 11.7. The van der Waals surface area contributed by atoms with E-state index in [4.69, 9.17) is 5.73 Å². The molecule has 5 nitrogen and oxygen atoms in total. The van der Waals surface area contributed by atoms with E-state index in [1.807, 2.05) is 6.92 Å². The lowest BCUT2D eigenvalue weighted by Gasteiger charge is -2.23. The average Bonchev–Trinajstić information content (AvgIpc) is 2.25. The van der Waals surface area contributed by atoms with Crippen LogP contribution in [0.5, 0.6) is 0 Å². The molecule has 0 amide bonds. The van der Waals surface area contributed by atoms with Gasteiger partial charge in [-0.3, -0.25) is 4.79 Å². The molecule has 1 aromatic rings. The van der Waals surface area contributed by atoms with Crippen molar-refractivity contribution < 1.29 is 0 Å². The lowest BCUT2D eigenvalue weighted by molar-refractivity contribution is 0.344. The maximum atomic E-state index is 11.9. The highest BCUT2D eigenvalue weighted by molar-refractivity contribution is 5.30. The first-order chi connectivity index (χ1) is 8.33. The number of aromatic nitrogens is 2. The molecule has 0 fully saturated rings. The summed E-state index contributed by atoms with van der Waals surface area (Å²) in [5, 5.41) is 3.04. The Bertz CT molecular complexity index is 433. The van der Waals surface area contributed by atoms with Crippen LogP contribution >= 0.6 is 0 Å². The van der Waals surface area contributed by atoms with Crippen LogP contribution in [0.4, 0.5) is 5.82 Å². The van der Waals surface area contributed by atoms with Gasteiger partial charge in [-0.15, -0.1) is 0 Å². The minimum Gasteiger partial charge on any atom is -0.364 e. The number of nitrogens with two attached hydrogens (primary N) is 1. The van der Waals surface area contributed by atoms with Gasteiger partial charge >= 0.3 is 0 Å². The van der Waals surface area contributed by atoms with Gasteiger partial charge in [-0.05, 0) is 18.8 Å². The highest BCUT2D eigenvalue weighted by Crippen LogP contribution is 2.19. The molecule has 0 aliphatic heterocycles. The fraction of sp³-hybridized carbons (Fsp3) is 0.692. The summed E-state index contributed by atoms with van der Waals surface area (Å²) in [7, 11) is 0. The highest BCUT2D eigenvalue weighted by Gasteiger charge is 2.16. The molecular formula is C13H24N4O. The molecule has 5 heteroatoms. The van der Waals surface area contributed by atoms with E-state index < -0.39 is 0 Å². The third-order valence-electron chi connectivity index (χ3n) is 2.66. The highest BCUT2D eigenvalue weighted by atomic mass is 16.1. The van der Waals surface area contributed by atoms with E-state index >= 15 is 0 Å². The molecule has 1 atom stereocenters. The molecule has 1 unspecified atom stereocenters. The number of aryl methyl sites for hydroxylation is 1. The van der Waals surface area contributed by atoms with Crippen LogP contribution in [0.25, 0.3) is 0 Å². The summed E-state index contributed by atoms with van der Waals surface area (Å²) in [5.74, 6) is 0.378. The largest absolute Gasteiger partial charge is 0.364 e. The van der Waals surface area contributed by atoms with Gasteiger partial charge in [-0.1, -0.05) is 20.8 Å². The van der Waals surface area contributed by atoms with Crippen LogP contribution < -0.4 is 16.6 Å². The maximum Gasteiger partial charge on any atom is 0.293 e. The monoisotopic (exact) mass is 252 g/mol. The van der Waals surface area contributed by atoms with E-state index in [2.05, 4.69) is 31.1 Å². The van der Waals surface area contributed by atoms with E-state index in [1.165, 1.54) is 0 Å². The molecule has 0 radical (unpaired) electrons. The molecule has 102 valence electrons. The second kappa shape index (κ2) is 6.00. The van der Waals surface area contributed by atoms with Gasteiger partial charge in [0.1, 0.15) is 0 Å². The molecule has 0 saturated carbocycles. The number of nitrogens with zero attached hydrogens (tertiary/aromatic N) is 2. The fourth-order valence-electron chi connectivity index (χ4n) is 1.90. The van der Waals surface area contributed by atoms with Gasteiger partial charge in [-0.25, -0.2) is 4.98 Å². The van der Waals surface area contributed by atoms with Crippen molar-refractivity contribution in [1.29, 1.82) is 0 Å². The average molecular weight is 252 g/mol. The van der Waals surface area contributed by atoms with Gasteiger partial charge in [0.05, 0.1) is 0 Å². The Labute approximate surface area is 108 Å². The third kappa shape index (κ3) is 4.49. The molecule has 1 rings (SSSR count). The molecule has 1 aromatic heterocycles. The van der Waals surface area contributed by atoms with Gasteiger partial charge in [0, 0.05) is 31.5 Å². The quantitative estimate of drug-likeness (QED) is 0.831. The summed E-state index contributed by atoms with van der Waals surface area (Å²) in [4.78, 5) is 16.0. The van der Waals surface area contributed by atoms with E-state index in [0.29, 0.717) is 18.9 Å². The van der Waals surface area contributed by atoms with Crippen molar-refractivity contribution in [2.75, 3.05) is 11.9 Å². The lowest BCUT2D eigenvalue weighted by atomic mass is 9.88. The molecule has 0 aliphatic carbocycles. The first kappa shape index (κ1) is 14.7. The maximum absolute atomic E-state index is 11.9. The molecule has 18 heavy (non-hydrogen) atoms. The Hall–Kier alpha value is -1.36. The summed E-state index contributed by atoms with van der Waals surface area (Å²) in [6.45, 7) is 9.58. The Morgan fingerprint density at radius 2 is 2.17 bits per heavy atom. The first-order valence-electron chi connectivity index (χ1n) is 6.38. The fourth-order valence-corrected chi connectivity index (χ4v) is 1.90. The zero-order chi connectivity index (χ0) is 13.8. The summed E-state index contributed by atoms with van der Waals surface area (Å²) < 4.78 is 1.62. The Morgan fingerprint density at radius 3 is 2.72 bits per heavy atom. The zero-order valence-electron chi connectivity index (χ0n) is 11.7. The van der Waals surface area contributed by atoms with Gasteiger partial charge < -0.3 is 15.6 Å². The summed E-state index contributed by atoms with van der Waals surface area (Å²) >= 11 is 0. The predicted octanol–water partition coefficient (Wildman–Crippen LogP) is 1.44. The molecule has 0 saturated heterocycles. The number of hydrogen-bond donors (Lipinski definition) is 2. The van der Waals surface area contributed by atoms with Gasteiger partial charge in [0.2, 0.25) is 0 Å². The van der Waals surface area contributed by atoms with Crippen LogP contribution in [0, 0.1) is 5.41 Å². The van der Waals surface area contributed by atoms with Crippen LogP contribution in [-0.2, 0) is 6.54 Å². The van der Waals surface area contributed by atoms with Crippen molar-refractivity contribution in [3.63, 3.8) is 0 Å². The van der Waals surface area contributed by atoms with E-state index in [9.17, 15) is 4.79 Å². The molecule has 0 aromatic carbocycles. The van der Waals surface area contributed by atoms with Crippen molar-refractivity contribution in [3.8, 4) is 0 Å². The molecular weight excluding hydrogens is 228 g/mol. The van der Waals surface area contributed by atoms with E-state index in [1.54, 1.807) is 17.0 Å². The lowest BCUT2D eigenvalue weighted by Crippen LogP contribution is -2.35. The Morgan fingerprint density at radius 1 is 1.50 bits per heavy atom. The first-order valence-corrected chi connectivity index (χ1v) is 6.38. The Kier molecular flexibility index (Phi) is 4.90. The standard InChI is InChI=1S/C13H24N4O/c1-5-17-7-6-15-11(12(17)18)16-9-10(14)8-13(2,3)4/h6-7,10H,5,8-9,14H2,1-4H3,(H,15,16). The normalized spacial score (nSPS) is 13.4. The minimum absolute atomic E-state index is 0.0153. The minimum atomic E-state index is -0.0945.